The predicted molar refractivity (Wildman–Crippen MR) is 85.9 cm³/mol. The van der Waals surface area contributed by atoms with Crippen LogP contribution in [0.5, 0.6) is 0 Å². The van der Waals surface area contributed by atoms with Gasteiger partial charge in [-0.1, -0.05) is 42.1 Å². The molecule has 0 aliphatic heterocycles. The maximum atomic E-state index is 5.80. The van der Waals surface area contributed by atoms with E-state index in [1.54, 1.807) is 17.8 Å². The standard InChI is InChI=1S/C15H15N5S/c1-2-9-20-14(16)18-19-15(20)21-10-12-6-3-5-11-7-4-8-17-13(11)12/h2-8H,1,9-10H2,(H2,16,18). The lowest BCUT2D eigenvalue weighted by Crippen LogP contribution is -2.03. The summed E-state index contributed by atoms with van der Waals surface area (Å²) in [6.07, 6.45) is 3.60. The van der Waals surface area contributed by atoms with Crippen molar-refractivity contribution in [2.75, 3.05) is 5.73 Å². The Bertz CT molecular complexity index is 775. The first kappa shape index (κ1) is 13.6. The van der Waals surface area contributed by atoms with E-state index in [9.17, 15) is 0 Å². The Hall–Kier alpha value is -2.34. The minimum absolute atomic E-state index is 0.411. The van der Waals surface area contributed by atoms with Crippen molar-refractivity contribution in [2.24, 2.45) is 0 Å². The molecule has 21 heavy (non-hydrogen) atoms. The Morgan fingerprint density at radius 2 is 2.10 bits per heavy atom. The van der Waals surface area contributed by atoms with Gasteiger partial charge in [-0.05, 0) is 11.6 Å². The van der Waals surface area contributed by atoms with Crippen molar-refractivity contribution < 1.29 is 0 Å². The number of allylic oxidation sites excluding steroid dienone is 1. The molecule has 0 aliphatic carbocycles. The summed E-state index contributed by atoms with van der Waals surface area (Å²) in [4.78, 5) is 4.46. The summed E-state index contributed by atoms with van der Waals surface area (Å²) in [5.74, 6) is 1.18. The summed E-state index contributed by atoms with van der Waals surface area (Å²) < 4.78 is 1.84. The van der Waals surface area contributed by atoms with Crippen LogP contribution < -0.4 is 5.73 Å². The van der Waals surface area contributed by atoms with Gasteiger partial charge in [-0.15, -0.1) is 16.8 Å². The van der Waals surface area contributed by atoms with Gasteiger partial charge in [0.2, 0.25) is 5.95 Å². The topological polar surface area (TPSA) is 69.6 Å². The molecule has 106 valence electrons. The number of nitrogen functional groups attached to an aromatic ring is 1. The molecule has 0 saturated carbocycles. The van der Waals surface area contributed by atoms with E-state index in [-0.39, 0.29) is 0 Å². The van der Waals surface area contributed by atoms with Gasteiger partial charge < -0.3 is 5.73 Å². The monoisotopic (exact) mass is 297 g/mol. The number of para-hydroxylation sites is 1. The zero-order valence-corrected chi connectivity index (χ0v) is 12.3. The van der Waals surface area contributed by atoms with E-state index in [1.165, 1.54) is 5.56 Å². The number of nitrogens with zero attached hydrogens (tertiary/aromatic N) is 4. The highest BCUT2D eigenvalue weighted by Gasteiger charge is 2.10. The maximum absolute atomic E-state index is 5.80. The predicted octanol–water partition coefficient (Wildman–Crippen LogP) is 2.89. The van der Waals surface area contributed by atoms with Gasteiger partial charge >= 0.3 is 0 Å². The molecule has 3 aromatic rings. The molecule has 0 radical (unpaired) electrons. The van der Waals surface area contributed by atoms with E-state index < -0.39 is 0 Å². The highest BCUT2D eigenvalue weighted by Crippen LogP contribution is 2.26. The van der Waals surface area contributed by atoms with Crippen molar-refractivity contribution in [3.63, 3.8) is 0 Å². The fraction of sp³-hybridized carbons (Fsp3) is 0.133. The molecule has 5 nitrogen and oxygen atoms in total. The first-order valence-electron chi connectivity index (χ1n) is 6.54. The summed E-state index contributed by atoms with van der Waals surface area (Å²) >= 11 is 1.60. The van der Waals surface area contributed by atoms with Crippen LogP contribution in [0.2, 0.25) is 0 Å². The summed E-state index contributed by atoms with van der Waals surface area (Å²) in [5, 5.41) is 9.96. The molecule has 3 rings (SSSR count). The molecule has 0 aliphatic rings. The summed E-state index contributed by atoms with van der Waals surface area (Å²) in [6.45, 7) is 4.33. The van der Waals surface area contributed by atoms with Gasteiger partial charge in [-0.3, -0.25) is 9.55 Å². The molecule has 2 aromatic heterocycles. The van der Waals surface area contributed by atoms with Crippen LogP contribution in [0.15, 0.2) is 54.3 Å². The third-order valence-corrected chi connectivity index (χ3v) is 4.15. The zero-order chi connectivity index (χ0) is 14.7. The molecule has 0 bridgehead atoms. The minimum atomic E-state index is 0.411. The molecule has 0 saturated heterocycles. The lowest BCUT2D eigenvalue weighted by molar-refractivity contribution is 0.733. The van der Waals surface area contributed by atoms with Crippen LogP contribution in [0.4, 0.5) is 5.95 Å². The fourth-order valence-electron chi connectivity index (χ4n) is 2.13. The number of benzene rings is 1. The van der Waals surface area contributed by atoms with Gasteiger partial charge in [-0.25, -0.2) is 0 Å². The second-order valence-corrected chi connectivity index (χ2v) is 5.46. The van der Waals surface area contributed by atoms with Crippen molar-refractivity contribution in [2.45, 2.75) is 17.5 Å². The van der Waals surface area contributed by atoms with Crippen LogP contribution in [-0.2, 0) is 12.3 Å². The summed E-state index contributed by atoms with van der Waals surface area (Å²) in [5.41, 5.74) is 8.00. The number of fused-ring (bicyclic) bond motifs is 1. The van der Waals surface area contributed by atoms with Gasteiger partial charge in [0.1, 0.15) is 0 Å². The molecule has 0 unspecified atom stereocenters. The molecule has 1 aromatic carbocycles. The number of aromatic nitrogens is 4. The second-order valence-electron chi connectivity index (χ2n) is 4.52. The molecule has 2 heterocycles. The van der Waals surface area contributed by atoms with Gasteiger partial charge in [-0.2, -0.15) is 0 Å². The average molecular weight is 297 g/mol. The van der Waals surface area contributed by atoms with Gasteiger partial charge in [0.05, 0.1) is 5.52 Å². The van der Waals surface area contributed by atoms with E-state index >= 15 is 0 Å². The number of pyridine rings is 1. The molecular formula is C15H15N5S. The van der Waals surface area contributed by atoms with Crippen molar-refractivity contribution in [3.8, 4) is 0 Å². The van der Waals surface area contributed by atoms with Crippen LogP contribution >= 0.6 is 11.8 Å². The molecule has 6 heteroatoms. The van der Waals surface area contributed by atoms with Crippen LogP contribution in [-0.4, -0.2) is 19.7 Å². The SMILES string of the molecule is C=CCn1c(N)nnc1SCc1cccc2cccnc12. The average Bonchev–Trinajstić information content (AvgIpc) is 2.86. The van der Waals surface area contributed by atoms with Crippen LogP contribution in [0, 0.1) is 0 Å². The number of hydrogen-bond acceptors (Lipinski definition) is 5. The van der Waals surface area contributed by atoms with E-state index in [1.807, 2.05) is 22.9 Å². The molecular weight excluding hydrogens is 282 g/mol. The molecule has 2 N–H and O–H groups in total. The van der Waals surface area contributed by atoms with Crippen molar-refractivity contribution >= 4 is 28.6 Å². The van der Waals surface area contributed by atoms with E-state index in [0.717, 1.165) is 21.8 Å². The highest BCUT2D eigenvalue weighted by atomic mass is 32.2. The summed E-state index contributed by atoms with van der Waals surface area (Å²) in [6, 6.07) is 10.2. The summed E-state index contributed by atoms with van der Waals surface area (Å²) in [7, 11) is 0. The van der Waals surface area contributed by atoms with E-state index in [0.29, 0.717) is 12.5 Å². The number of rotatable bonds is 5. The van der Waals surface area contributed by atoms with E-state index in [2.05, 4.69) is 40.0 Å². The molecule has 0 spiro atoms. The van der Waals surface area contributed by atoms with Gasteiger partial charge in [0, 0.05) is 23.9 Å². The van der Waals surface area contributed by atoms with Gasteiger partial charge in [0.25, 0.3) is 0 Å². The Morgan fingerprint density at radius 1 is 1.24 bits per heavy atom. The second kappa shape index (κ2) is 5.97. The van der Waals surface area contributed by atoms with Crippen molar-refractivity contribution in [1.82, 2.24) is 19.7 Å². The smallest absolute Gasteiger partial charge is 0.222 e. The first-order chi connectivity index (χ1) is 10.3. The Balaban J connectivity index is 1.85. The van der Waals surface area contributed by atoms with Gasteiger partial charge in [0.15, 0.2) is 5.16 Å². The fourth-order valence-corrected chi connectivity index (χ4v) is 3.07. The maximum Gasteiger partial charge on any atom is 0.222 e. The third-order valence-electron chi connectivity index (χ3n) is 3.13. The van der Waals surface area contributed by atoms with Crippen molar-refractivity contribution in [1.29, 1.82) is 0 Å². The van der Waals surface area contributed by atoms with Crippen LogP contribution in [0.25, 0.3) is 10.9 Å². The minimum Gasteiger partial charge on any atom is -0.368 e. The third kappa shape index (κ3) is 2.75. The Kier molecular flexibility index (Phi) is 3.87. The lowest BCUT2D eigenvalue weighted by Gasteiger charge is -2.06. The molecule has 0 fully saturated rings. The van der Waals surface area contributed by atoms with E-state index in [4.69, 9.17) is 5.73 Å². The van der Waals surface area contributed by atoms with Crippen LogP contribution in [0.3, 0.4) is 0 Å². The lowest BCUT2D eigenvalue weighted by atomic mass is 10.1. The highest BCUT2D eigenvalue weighted by molar-refractivity contribution is 7.98. The Labute approximate surface area is 126 Å². The number of nitrogens with two attached hydrogens (primary N) is 1. The first-order valence-corrected chi connectivity index (χ1v) is 7.53. The van der Waals surface area contributed by atoms with Crippen LogP contribution in [0.1, 0.15) is 5.56 Å². The molecule has 0 atom stereocenters. The number of anilines is 1. The largest absolute Gasteiger partial charge is 0.368 e. The Morgan fingerprint density at radius 3 is 2.95 bits per heavy atom. The number of thioether (sulfide) groups is 1. The van der Waals surface area contributed by atoms with Crippen molar-refractivity contribution in [3.05, 3.63) is 54.7 Å². The molecule has 0 amide bonds. The zero-order valence-electron chi connectivity index (χ0n) is 11.4. The quantitative estimate of drug-likeness (QED) is 0.579. The number of hydrogen-bond donors (Lipinski definition) is 1. The normalized spacial score (nSPS) is 10.9.